The fourth-order valence-corrected chi connectivity index (χ4v) is 0.652. The van der Waals surface area contributed by atoms with E-state index in [9.17, 15) is 4.79 Å². The summed E-state index contributed by atoms with van der Waals surface area (Å²) in [6.07, 6.45) is 0.672. The summed E-state index contributed by atoms with van der Waals surface area (Å²) in [5.74, 6) is -0.552. The van der Waals surface area contributed by atoms with E-state index in [0.29, 0.717) is 6.42 Å². The molecule has 0 bridgehead atoms. The lowest BCUT2D eigenvalue weighted by Gasteiger charge is -1.80. The molecule has 3 nitrogen and oxygen atoms in total. The van der Waals surface area contributed by atoms with Crippen LogP contribution in [-0.2, 0) is 4.79 Å². The number of carbonyl (C=O) groups is 1. The zero-order valence-corrected chi connectivity index (χ0v) is 4.29. The Morgan fingerprint density at radius 3 is 2.62 bits per heavy atom. The van der Waals surface area contributed by atoms with Crippen LogP contribution in [0.3, 0.4) is 0 Å². The summed E-state index contributed by atoms with van der Waals surface area (Å²) < 4.78 is 0. The third-order valence-electron chi connectivity index (χ3n) is 1.32. The second kappa shape index (κ2) is 1.48. The number of nitrogens with zero attached hydrogens (tertiary/aromatic N) is 1. The number of amides is 1. The van der Waals surface area contributed by atoms with Gasteiger partial charge < -0.3 is 5.73 Å². The lowest BCUT2D eigenvalue weighted by atomic mass is 10.3. The highest BCUT2D eigenvalue weighted by Crippen LogP contribution is 2.36. The first-order chi connectivity index (χ1) is 3.75. The third kappa shape index (κ3) is 0.648. The van der Waals surface area contributed by atoms with Crippen molar-refractivity contribution in [2.75, 3.05) is 0 Å². The van der Waals surface area contributed by atoms with Crippen molar-refractivity contribution in [3.8, 4) is 6.07 Å². The standard InChI is InChI=1S/C5H6N2O/c6-2-3-1-4(3)5(7)8/h3-4H,1H2,(H2,7,8)/t3-,4+/m1/s1. The maximum absolute atomic E-state index is 10.2. The van der Waals surface area contributed by atoms with Crippen molar-refractivity contribution >= 4 is 5.91 Å². The van der Waals surface area contributed by atoms with Crippen LogP contribution < -0.4 is 5.73 Å². The fourth-order valence-electron chi connectivity index (χ4n) is 0.652. The predicted octanol–water partition coefficient (Wildman–Crippen LogP) is -0.369. The Labute approximate surface area is 47.1 Å². The molecule has 8 heavy (non-hydrogen) atoms. The largest absolute Gasteiger partial charge is 0.369 e. The van der Waals surface area contributed by atoms with Crippen LogP contribution in [-0.4, -0.2) is 5.91 Å². The van der Waals surface area contributed by atoms with Gasteiger partial charge in [-0.25, -0.2) is 0 Å². The molecule has 0 aromatic rings. The molecule has 2 N–H and O–H groups in total. The maximum Gasteiger partial charge on any atom is 0.221 e. The van der Waals surface area contributed by atoms with Crippen LogP contribution >= 0.6 is 0 Å². The molecule has 0 spiro atoms. The Morgan fingerprint density at radius 1 is 1.88 bits per heavy atom. The van der Waals surface area contributed by atoms with Crippen LogP contribution in [0.1, 0.15) is 6.42 Å². The third-order valence-corrected chi connectivity index (χ3v) is 1.32. The first-order valence-electron chi connectivity index (χ1n) is 2.44. The van der Waals surface area contributed by atoms with Crippen molar-refractivity contribution in [1.82, 2.24) is 0 Å². The second-order valence-electron chi connectivity index (χ2n) is 1.98. The van der Waals surface area contributed by atoms with Gasteiger partial charge in [-0.15, -0.1) is 0 Å². The van der Waals surface area contributed by atoms with Crippen molar-refractivity contribution in [3.05, 3.63) is 0 Å². The molecule has 1 amide bonds. The second-order valence-corrected chi connectivity index (χ2v) is 1.98. The molecule has 1 aliphatic rings. The summed E-state index contributed by atoms with van der Waals surface area (Å²) in [5, 5.41) is 8.17. The zero-order valence-electron chi connectivity index (χ0n) is 4.29. The Bertz CT molecular complexity index is 158. The zero-order chi connectivity index (χ0) is 6.15. The summed E-state index contributed by atoms with van der Waals surface area (Å²) in [5.41, 5.74) is 4.87. The highest BCUT2D eigenvalue weighted by atomic mass is 16.1. The molecule has 0 heterocycles. The van der Waals surface area contributed by atoms with E-state index in [1.165, 1.54) is 0 Å². The smallest absolute Gasteiger partial charge is 0.221 e. The van der Waals surface area contributed by atoms with Crippen LogP contribution in [0.5, 0.6) is 0 Å². The van der Waals surface area contributed by atoms with Crippen molar-refractivity contribution in [3.63, 3.8) is 0 Å². The van der Waals surface area contributed by atoms with Crippen LogP contribution in [0, 0.1) is 23.2 Å². The average molecular weight is 110 g/mol. The molecule has 1 rings (SSSR count). The van der Waals surface area contributed by atoms with Gasteiger partial charge in [0.25, 0.3) is 0 Å². The molecule has 42 valence electrons. The van der Waals surface area contributed by atoms with Crippen LogP contribution in [0.15, 0.2) is 0 Å². The lowest BCUT2D eigenvalue weighted by Crippen LogP contribution is -2.13. The quantitative estimate of drug-likeness (QED) is 0.500. The molecule has 0 aliphatic heterocycles. The van der Waals surface area contributed by atoms with Gasteiger partial charge in [0.1, 0.15) is 0 Å². The number of hydrogen-bond acceptors (Lipinski definition) is 2. The first-order valence-corrected chi connectivity index (χ1v) is 2.44. The lowest BCUT2D eigenvalue weighted by molar-refractivity contribution is -0.119. The molecule has 0 radical (unpaired) electrons. The molecule has 0 saturated heterocycles. The van der Waals surface area contributed by atoms with E-state index in [4.69, 9.17) is 11.0 Å². The van der Waals surface area contributed by atoms with Gasteiger partial charge in [-0.05, 0) is 6.42 Å². The highest BCUT2D eigenvalue weighted by molar-refractivity contribution is 5.80. The van der Waals surface area contributed by atoms with E-state index in [2.05, 4.69) is 0 Å². The van der Waals surface area contributed by atoms with E-state index < -0.39 is 0 Å². The number of hydrogen-bond donors (Lipinski definition) is 1. The minimum Gasteiger partial charge on any atom is -0.369 e. The number of rotatable bonds is 1. The van der Waals surface area contributed by atoms with E-state index in [1.54, 1.807) is 0 Å². The van der Waals surface area contributed by atoms with E-state index in [1.807, 2.05) is 6.07 Å². The predicted molar refractivity (Wildman–Crippen MR) is 26.4 cm³/mol. The van der Waals surface area contributed by atoms with Gasteiger partial charge in [-0.2, -0.15) is 5.26 Å². The molecule has 2 atom stereocenters. The van der Waals surface area contributed by atoms with Crippen molar-refractivity contribution in [2.24, 2.45) is 17.6 Å². The van der Waals surface area contributed by atoms with Crippen LogP contribution in [0.4, 0.5) is 0 Å². The van der Waals surface area contributed by atoms with Gasteiger partial charge >= 0.3 is 0 Å². The SMILES string of the molecule is N#C[C@H]1C[C@@H]1C(N)=O. The number of primary amides is 1. The van der Waals surface area contributed by atoms with Gasteiger partial charge in [0, 0.05) is 0 Å². The van der Waals surface area contributed by atoms with Crippen LogP contribution in [0.2, 0.25) is 0 Å². The van der Waals surface area contributed by atoms with Crippen molar-refractivity contribution < 1.29 is 4.79 Å². The van der Waals surface area contributed by atoms with Crippen molar-refractivity contribution in [1.29, 1.82) is 5.26 Å². The minimum atomic E-state index is -0.337. The Balaban J connectivity index is 2.40. The van der Waals surface area contributed by atoms with E-state index in [-0.39, 0.29) is 17.7 Å². The summed E-state index contributed by atoms with van der Waals surface area (Å²) in [4.78, 5) is 10.2. The maximum atomic E-state index is 10.2. The van der Waals surface area contributed by atoms with E-state index in [0.717, 1.165) is 0 Å². The van der Waals surface area contributed by atoms with E-state index >= 15 is 0 Å². The Kier molecular flexibility index (Phi) is 0.943. The van der Waals surface area contributed by atoms with Gasteiger partial charge in [-0.1, -0.05) is 0 Å². The number of nitriles is 1. The van der Waals surface area contributed by atoms with Gasteiger partial charge in [0.2, 0.25) is 5.91 Å². The normalized spacial score (nSPS) is 33.4. The molecule has 0 aromatic heterocycles. The monoisotopic (exact) mass is 110 g/mol. The molecule has 1 saturated carbocycles. The first kappa shape index (κ1) is 5.10. The van der Waals surface area contributed by atoms with Gasteiger partial charge in [0.15, 0.2) is 0 Å². The topological polar surface area (TPSA) is 66.9 Å². The minimum absolute atomic E-state index is 0.0764. The summed E-state index contributed by atoms with van der Waals surface area (Å²) in [6.45, 7) is 0. The fraction of sp³-hybridized carbons (Fsp3) is 0.600. The Morgan fingerprint density at radius 2 is 2.50 bits per heavy atom. The molecular formula is C5H6N2O. The highest BCUT2D eigenvalue weighted by Gasteiger charge is 2.41. The molecule has 0 unspecified atom stereocenters. The number of carbonyl (C=O) groups excluding carboxylic acids is 1. The molecule has 1 aliphatic carbocycles. The summed E-state index contributed by atoms with van der Waals surface area (Å²) >= 11 is 0. The number of nitrogens with two attached hydrogens (primary N) is 1. The van der Waals surface area contributed by atoms with Gasteiger partial charge in [-0.3, -0.25) is 4.79 Å². The molecular weight excluding hydrogens is 104 g/mol. The Hall–Kier alpha value is -1.04. The molecule has 0 aromatic carbocycles. The van der Waals surface area contributed by atoms with Gasteiger partial charge in [0.05, 0.1) is 17.9 Å². The molecule has 3 heteroatoms. The van der Waals surface area contributed by atoms with Crippen LogP contribution in [0.25, 0.3) is 0 Å². The molecule has 1 fully saturated rings. The average Bonchev–Trinajstić information content (AvgIpc) is 2.42. The summed E-state index contributed by atoms with van der Waals surface area (Å²) in [6, 6.07) is 1.97. The van der Waals surface area contributed by atoms with Crippen molar-refractivity contribution in [2.45, 2.75) is 6.42 Å². The summed E-state index contributed by atoms with van der Waals surface area (Å²) in [7, 11) is 0.